The maximum atomic E-state index is 5.62. The van der Waals surface area contributed by atoms with E-state index in [-0.39, 0.29) is 0 Å². The van der Waals surface area contributed by atoms with Crippen LogP contribution in [0.5, 0.6) is 11.5 Å². The average molecular weight is 277 g/mol. The van der Waals surface area contributed by atoms with Crippen LogP contribution in [0, 0.1) is 5.41 Å². The minimum absolute atomic E-state index is 0.495. The molecular weight excluding hydrogens is 250 g/mol. The van der Waals surface area contributed by atoms with Gasteiger partial charge in [-0.2, -0.15) is 0 Å². The van der Waals surface area contributed by atoms with Gasteiger partial charge in [0.05, 0.1) is 13.7 Å². The first kappa shape index (κ1) is 15.2. The Morgan fingerprint density at radius 2 is 1.95 bits per heavy atom. The van der Waals surface area contributed by atoms with Gasteiger partial charge in [-0.25, -0.2) is 0 Å². The van der Waals surface area contributed by atoms with Gasteiger partial charge in [-0.15, -0.1) is 0 Å². The van der Waals surface area contributed by atoms with Crippen LogP contribution in [0.15, 0.2) is 18.2 Å². The van der Waals surface area contributed by atoms with Crippen LogP contribution >= 0.6 is 0 Å². The van der Waals surface area contributed by atoms with E-state index in [1.54, 1.807) is 7.11 Å². The zero-order chi connectivity index (χ0) is 14.4. The fourth-order valence-electron chi connectivity index (χ4n) is 3.01. The van der Waals surface area contributed by atoms with Crippen molar-refractivity contribution in [2.45, 2.75) is 46.1 Å². The summed E-state index contributed by atoms with van der Waals surface area (Å²) < 4.78 is 10.9. The smallest absolute Gasteiger partial charge is 0.161 e. The van der Waals surface area contributed by atoms with Crippen molar-refractivity contribution < 1.29 is 9.47 Å². The lowest BCUT2D eigenvalue weighted by Crippen LogP contribution is -2.29. The standard InChI is InChI=1S/C17H27NO2/c1-4-20-16-11-14(7-8-15(16)19-3)12-18-13-17(2)9-5-6-10-17/h7-8,11,18H,4-6,9-10,12-13H2,1-3H3. The van der Waals surface area contributed by atoms with Crippen molar-refractivity contribution >= 4 is 0 Å². The number of rotatable bonds is 7. The van der Waals surface area contributed by atoms with E-state index < -0.39 is 0 Å². The molecule has 0 saturated heterocycles. The molecule has 1 aromatic rings. The maximum Gasteiger partial charge on any atom is 0.161 e. The van der Waals surface area contributed by atoms with Gasteiger partial charge < -0.3 is 14.8 Å². The molecule has 0 amide bonds. The summed E-state index contributed by atoms with van der Waals surface area (Å²) in [6, 6.07) is 6.16. The molecule has 1 saturated carbocycles. The summed E-state index contributed by atoms with van der Waals surface area (Å²) in [5, 5.41) is 3.59. The molecule has 0 radical (unpaired) electrons. The molecule has 112 valence electrons. The second-order valence-electron chi connectivity index (χ2n) is 6.04. The second-order valence-corrected chi connectivity index (χ2v) is 6.04. The van der Waals surface area contributed by atoms with Crippen molar-refractivity contribution in [1.29, 1.82) is 0 Å². The van der Waals surface area contributed by atoms with Crippen LogP contribution in [-0.4, -0.2) is 20.3 Å². The molecule has 1 aromatic carbocycles. The first-order chi connectivity index (χ1) is 9.67. The van der Waals surface area contributed by atoms with Gasteiger partial charge in [-0.05, 0) is 42.9 Å². The minimum Gasteiger partial charge on any atom is -0.493 e. The third-order valence-electron chi connectivity index (χ3n) is 4.22. The summed E-state index contributed by atoms with van der Waals surface area (Å²) in [6.45, 7) is 7.03. The molecule has 0 heterocycles. The number of ether oxygens (including phenoxy) is 2. The summed E-state index contributed by atoms with van der Waals surface area (Å²) in [6.07, 6.45) is 5.48. The molecule has 0 spiro atoms. The highest BCUT2D eigenvalue weighted by molar-refractivity contribution is 5.42. The Morgan fingerprint density at radius 1 is 1.20 bits per heavy atom. The predicted molar refractivity (Wildman–Crippen MR) is 82.4 cm³/mol. The quantitative estimate of drug-likeness (QED) is 0.823. The fraction of sp³-hybridized carbons (Fsp3) is 0.647. The Bertz CT molecular complexity index is 425. The molecule has 3 heteroatoms. The zero-order valence-corrected chi connectivity index (χ0v) is 13.0. The number of hydrogen-bond acceptors (Lipinski definition) is 3. The molecule has 0 unspecified atom stereocenters. The van der Waals surface area contributed by atoms with Gasteiger partial charge in [0.2, 0.25) is 0 Å². The predicted octanol–water partition coefficient (Wildman–Crippen LogP) is 3.76. The first-order valence-electron chi connectivity index (χ1n) is 7.67. The summed E-state index contributed by atoms with van der Waals surface area (Å²) >= 11 is 0. The van der Waals surface area contributed by atoms with Gasteiger partial charge >= 0.3 is 0 Å². The minimum atomic E-state index is 0.495. The molecule has 1 N–H and O–H groups in total. The van der Waals surface area contributed by atoms with E-state index in [4.69, 9.17) is 9.47 Å². The molecular formula is C17H27NO2. The number of benzene rings is 1. The third-order valence-corrected chi connectivity index (χ3v) is 4.22. The van der Waals surface area contributed by atoms with E-state index in [0.717, 1.165) is 24.6 Å². The van der Waals surface area contributed by atoms with Gasteiger partial charge in [0.25, 0.3) is 0 Å². The average Bonchev–Trinajstić information content (AvgIpc) is 2.86. The van der Waals surface area contributed by atoms with Crippen LogP contribution in [0.1, 0.15) is 45.1 Å². The van der Waals surface area contributed by atoms with E-state index in [1.165, 1.54) is 31.2 Å². The molecule has 0 bridgehead atoms. The largest absolute Gasteiger partial charge is 0.493 e. The zero-order valence-electron chi connectivity index (χ0n) is 13.0. The van der Waals surface area contributed by atoms with Crippen LogP contribution in [0.3, 0.4) is 0 Å². The van der Waals surface area contributed by atoms with Crippen molar-refractivity contribution in [2.24, 2.45) is 5.41 Å². The third kappa shape index (κ3) is 3.89. The lowest BCUT2D eigenvalue weighted by Gasteiger charge is -2.24. The van der Waals surface area contributed by atoms with Crippen LogP contribution in [0.2, 0.25) is 0 Å². The fourth-order valence-corrected chi connectivity index (χ4v) is 3.01. The number of nitrogens with one attached hydrogen (secondary N) is 1. The van der Waals surface area contributed by atoms with Gasteiger partial charge in [0.15, 0.2) is 11.5 Å². The monoisotopic (exact) mass is 277 g/mol. The Labute approximate surface area is 122 Å². The Hall–Kier alpha value is -1.22. The number of hydrogen-bond donors (Lipinski definition) is 1. The molecule has 1 fully saturated rings. The Morgan fingerprint density at radius 3 is 2.60 bits per heavy atom. The van der Waals surface area contributed by atoms with Crippen molar-refractivity contribution in [1.82, 2.24) is 5.32 Å². The van der Waals surface area contributed by atoms with Crippen LogP contribution in [0.25, 0.3) is 0 Å². The lowest BCUT2D eigenvalue weighted by atomic mass is 9.89. The summed E-state index contributed by atoms with van der Waals surface area (Å²) in [4.78, 5) is 0. The van der Waals surface area contributed by atoms with Gasteiger partial charge in [0, 0.05) is 13.1 Å². The van der Waals surface area contributed by atoms with E-state index in [0.29, 0.717) is 12.0 Å². The van der Waals surface area contributed by atoms with Gasteiger partial charge in [-0.3, -0.25) is 0 Å². The second kappa shape index (κ2) is 6.98. The summed E-state index contributed by atoms with van der Waals surface area (Å²) in [5.74, 6) is 1.64. The van der Waals surface area contributed by atoms with Crippen LogP contribution in [-0.2, 0) is 6.54 Å². The Balaban J connectivity index is 1.90. The lowest BCUT2D eigenvalue weighted by molar-refractivity contribution is 0.308. The highest BCUT2D eigenvalue weighted by Crippen LogP contribution is 2.36. The van der Waals surface area contributed by atoms with Crippen LogP contribution < -0.4 is 14.8 Å². The topological polar surface area (TPSA) is 30.5 Å². The summed E-state index contributed by atoms with van der Waals surface area (Å²) in [5.41, 5.74) is 1.74. The van der Waals surface area contributed by atoms with E-state index in [9.17, 15) is 0 Å². The molecule has 1 aliphatic rings. The summed E-state index contributed by atoms with van der Waals surface area (Å²) in [7, 11) is 1.68. The van der Waals surface area contributed by atoms with E-state index in [1.807, 2.05) is 13.0 Å². The van der Waals surface area contributed by atoms with E-state index in [2.05, 4.69) is 24.4 Å². The van der Waals surface area contributed by atoms with Crippen molar-refractivity contribution in [3.05, 3.63) is 23.8 Å². The van der Waals surface area contributed by atoms with Crippen molar-refractivity contribution in [2.75, 3.05) is 20.3 Å². The first-order valence-corrected chi connectivity index (χ1v) is 7.67. The molecule has 0 atom stereocenters. The highest BCUT2D eigenvalue weighted by atomic mass is 16.5. The molecule has 0 aliphatic heterocycles. The molecule has 3 nitrogen and oxygen atoms in total. The number of methoxy groups -OCH3 is 1. The van der Waals surface area contributed by atoms with Gasteiger partial charge in [-0.1, -0.05) is 25.8 Å². The molecule has 0 aromatic heterocycles. The Kier molecular flexibility index (Phi) is 5.30. The molecule has 1 aliphatic carbocycles. The maximum absolute atomic E-state index is 5.62. The normalized spacial score (nSPS) is 17.1. The van der Waals surface area contributed by atoms with E-state index >= 15 is 0 Å². The SMILES string of the molecule is CCOc1cc(CNCC2(C)CCCC2)ccc1OC. The molecule has 20 heavy (non-hydrogen) atoms. The van der Waals surface area contributed by atoms with Crippen molar-refractivity contribution in [3.63, 3.8) is 0 Å². The molecule has 2 rings (SSSR count). The highest BCUT2D eigenvalue weighted by Gasteiger charge is 2.27. The van der Waals surface area contributed by atoms with Crippen molar-refractivity contribution in [3.8, 4) is 11.5 Å². The van der Waals surface area contributed by atoms with Crippen LogP contribution in [0.4, 0.5) is 0 Å². The van der Waals surface area contributed by atoms with Gasteiger partial charge in [0.1, 0.15) is 0 Å².